The first kappa shape index (κ1) is 32.7. The van der Waals surface area contributed by atoms with Crippen molar-refractivity contribution in [1.29, 1.82) is 0 Å². The number of methoxy groups -OCH3 is 4. The standard InChI is InChI=1S/C19H18N4O8.C6H15NO3/c1-26-12-8-13(27-2)21-18(20-12)30-10-6-5-7-11(16(10)17(24)25)31-19-22-14(28-3)9-15(23-19)29-4;8-4-1-7(2-5-9)3-6-10/h5-9H,1-4H3,(H,24,25);8-10H,1-6H2. The zero-order valence-electron chi connectivity index (χ0n) is 23.0. The van der Waals surface area contributed by atoms with Crippen molar-refractivity contribution < 1.29 is 53.6 Å². The van der Waals surface area contributed by atoms with Gasteiger partial charge in [0.05, 0.1) is 60.4 Å². The predicted octanol–water partition coefficient (Wildman–Crippen LogP) is 0.849. The molecule has 3 aromatic rings. The Balaban J connectivity index is 0.000000503. The summed E-state index contributed by atoms with van der Waals surface area (Å²) in [5.74, 6) is -0.822. The minimum Gasteiger partial charge on any atom is -0.481 e. The third-order valence-corrected chi connectivity index (χ3v) is 5.01. The summed E-state index contributed by atoms with van der Waals surface area (Å²) < 4.78 is 31.4. The van der Waals surface area contributed by atoms with Gasteiger partial charge in [-0.25, -0.2) is 4.79 Å². The maximum Gasteiger partial charge on any atom is 0.343 e. The lowest BCUT2D eigenvalue weighted by atomic mass is 10.2. The predicted molar refractivity (Wildman–Crippen MR) is 142 cm³/mol. The van der Waals surface area contributed by atoms with Crippen LogP contribution in [0, 0.1) is 0 Å². The zero-order chi connectivity index (χ0) is 30.2. The topological polar surface area (TPSA) is 208 Å². The SMILES string of the molecule is COc1cc(OC)nc(Oc2cccc(Oc3nc(OC)cc(OC)n3)c2C(=O)O)n1.OCCN(CCO)CCO. The van der Waals surface area contributed by atoms with Crippen LogP contribution in [0.15, 0.2) is 30.3 Å². The van der Waals surface area contributed by atoms with Crippen molar-refractivity contribution in [2.24, 2.45) is 0 Å². The number of carbonyl (C=O) groups is 1. The highest BCUT2D eigenvalue weighted by atomic mass is 16.5. The summed E-state index contributed by atoms with van der Waals surface area (Å²) in [6.07, 6.45) is 0. The van der Waals surface area contributed by atoms with Gasteiger partial charge in [-0.3, -0.25) is 4.90 Å². The molecule has 0 aliphatic rings. The molecule has 4 N–H and O–H groups in total. The monoisotopic (exact) mass is 579 g/mol. The number of nitrogens with zero attached hydrogens (tertiary/aromatic N) is 5. The van der Waals surface area contributed by atoms with E-state index in [0.29, 0.717) is 19.6 Å². The van der Waals surface area contributed by atoms with Crippen molar-refractivity contribution in [3.8, 4) is 47.0 Å². The van der Waals surface area contributed by atoms with Gasteiger partial charge in [0.2, 0.25) is 23.5 Å². The number of carboxylic acid groups (broad SMARTS) is 1. The molecule has 41 heavy (non-hydrogen) atoms. The van der Waals surface area contributed by atoms with Crippen LogP contribution in [0.1, 0.15) is 10.4 Å². The van der Waals surface area contributed by atoms with E-state index >= 15 is 0 Å². The van der Waals surface area contributed by atoms with Crippen LogP contribution in [-0.4, -0.2) is 119 Å². The molecule has 0 unspecified atom stereocenters. The van der Waals surface area contributed by atoms with Crippen LogP contribution in [0.25, 0.3) is 0 Å². The first-order valence-electron chi connectivity index (χ1n) is 12.0. The highest BCUT2D eigenvalue weighted by Gasteiger charge is 2.22. The number of aromatic carboxylic acids is 1. The first-order chi connectivity index (χ1) is 19.8. The summed E-state index contributed by atoms with van der Waals surface area (Å²) in [6, 6.07) is 6.87. The second-order valence-corrected chi connectivity index (χ2v) is 7.62. The number of hydrogen-bond donors (Lipinski definition) is 4. The van der Waals surface area contributed by atoms with Crippen molar-refractivity contribution >= 4 is 5.97 Å². The quantitative estimate of drug-likeness (QED) is 0.197. The highest BCUT2D eigenvalue weighted by Crippen LogP contribution is 2.34. The number of ether oxygens (including phenoxy) is 6. The molecule has 224 valence electrons. The lowest BCUT2D eigenvalue weighted by molar-refractivity contribution is 0.0691. The van der Waals surface area contributed by atoms with Gasteiger partial charge < -0.3 is 48.8 Å². The Kier molecular flexibility index (Phi) is 13.7. The zero-order valence-corrected chi connectivity index (χ0v) is 23.0. The maximum absolute atomic E-state index is 12.0. The summed E-state index contributed by atoms with van der Waals surface area (Å²) in [7, 11) is 5.63. The Bertz CT molecular complexity index is 1110. The van der Waals surface area contributed by atoms with Crippen molar-refractivity contribution in [1.82, 2.24) is 24.8 Å². The van der Waals surface area contributed by atoms with Crippen LogP contribution >= 0.6 is 0 Å². The number of aliphatic hydroxyl groups excluding tert-OH is 3. The fraction of sp³-hybridized carbons (Fsp3) is 0.400. The number of carboxylic acids is 1. The molecule has 3 rings (SSSR count). The van der Waals surface area contributed by atoms with Crippen LogP contribution in [0.5, 0.6) is 47.0 Å². The summed E-state index contributed by atoms with van der Waals surface area (Å²) in [4.78, 5) is 29.9. The van der Waals surface area contributed by atoms with Gasteiger partial charge >= 0.3 is 18.0 Å². The highest BCUT2D eigenvalue weighted by molar-refractivity contribution is 5.94. The van der Waals surface area contributed by atoms with Gasteiger partial charge in [-0.2, -0.15) is 19.9 Å². The van der Waals surface area contributed by atoms with Crippen molar-refractivity contribution in [2.45, 2.75) is 0 Å². The van der Waals surface area contributed by atoms with E-state index in [-0.39, 0.29) is 72.4 Å². The van der Waals surface area contributed by atoms with Gasteiger partial charge in [0.25, 0.3) is 0 Å². The average molecular weight is 580 g/mol. The lowest BCUT2D eigenvalue weighted by Gasteiger charge is -2.17. The maximum atomic E-state index is 12.0. The fourth-order valence-electron chi connectivity index (χ4n) is 3.13. The minimum atomic E-state index is -1.32. The van der Waals surface area contributed by atoms with Gasteiger partial charge in [-0.15, -0.1) is 0 Å². The Morgan fingerprint density at radius 2 is 1.02 bits per heavy atom. The van der Waals surface area contributed by atoms with Crippen LogP contribution < -0.4 is 28.4 Å². The molecular weight excluding hydrogens is 546 g/mol. The normalized spacial score (nSPS) is 10.3. The Labute approximate surface area is 235 Å². The van der Waals surface area contributed by atoms with Crippen LogP contribution in [0.4, 0.5) is 0 Å². The van der Waals surface area contributed by atoms with E-state index in [1.807, 2.05) is 0 Å². The van der Waals surface area contributed by atoms with E-state index in [9.17, 15) is 9.90 Å². The fourth-order valence-corrected chi connectivity index (χ4v) is 3.13. The molecular formula is C25H33N5O11. The average Bonchev–Trinajstić information content (AvgIpc) is 2.97. The number of aliphatic hydroxyl groups is 3. The first-order valence-corrected chi connectivity index (χ1v) is 12.0. The second-order valence-electron chi connectivity index (χ2n) is 7.62. The Morgan fingerprint density at radius 3 is 1.29 bits per heavy atom. The summed E-state index contributed by atoms with van der Waals surface area (Å²) in [6.45, 7) is 1.75. The molecule has 0 radical (unpaired) electrons. The molecule has 16 nitrogen and oxygen atoms in total. The van der Waals surface area contributed by atoms with E-state index in [4.69, 9.17) is 43.7 Å². The molecule has 0 spiro atoms. The molecule has 2 heterocycles. The molecule has 0 bridgehead atoms. The molecule has 0 saturated heterocycles. The van der Waals surface area contributed by atoms with E-state index in [1.165, 1.54) is 58.8 Å². The van der Waals surface area contributed by atoms with Gasteiger partial charge in [-0.05, 0) is 12.1 Å². The van der Waals surface area contributed by atoms with E-state index in [2.05, 4.69) is 19.9 Å². The van der Waals surface area contributed by atoms with E-state index in [1.54, 1.807) is 4.90 Å². The summed E-state index contributed by atoms with van der Waals surface area (Å²) in [5.41, 5.74) is -0.307. The van der Waals surface area contributed by atoms with Crippen molar-refractivity contribution in [3.05, 3.63) is 35.9 Å². The molecule has 0 aliphatic heterocycles. The molecule has 0 aliphatic carbocycles. The number of aromatic nitrogens is 4. The second kappa shape index (κ2) is 17.2. The number of benzene rings is 1. The van der Waals surface area contributed by atoms with Crippen molar-refractivity contribution in [2.75, 3.05) is 67.9 Å². The Morgan fingerprint density at radius 1 is 0.683 bits per heavy atom. The lowest BCUT2D eigenvalue weighted by Crippen LogP contribution is -2.32. The summed E-state index contributed by atoms with van der Waals surface area (Å²) in [5, 5.41) is 35.2. The smallest absolute Gasteiger partial charge is 0.343 e. The Hall–Kier alpha value is -4.51. The van der Waals surface area contributed by atoms with Crippen LogP contribution in [0.3, 0.4) is 0 Å². The molecule has 0 atom stereocenters. The van der Waals surface area contributed by atoms with Gasteiger partial charge in [-0.1, -0.05) is 6.07 Å². The molecule has 0 fully saturated rings. The third kappa shape index (κ3) is 10.2. The van der Waals surface area contributed by atoms with E-state index in [0.717, 1.165) is 0 Å². The van der Waals surface area contributed by atoms with Gasteiger partial charge in [0.1, 0.15) is 17.1 Å². The van der Waals surface area contributed by atoms with Gasteiger partial charge in [0, 0.05) is 19.6 Å². The number of rotatable bonds is 15. The third-order valence-electron chi connectivity index (χ3n) is 5.01. The van der Waals surface area contributed by atoms with Crippen molar-refractivity contribution in [3.63, 3.8) is 0 Å². The van der Waals surface area contributed by atoms with E-state index < -0.39 is 5.97 Å². The molecule has 16 heteroatoms. The molecule has 0 saturated carbocycles. The number of hydrogen-bond acceptors (Lipinski definition) is 15. The van der Waals surface area contributed by atoms with Crippen LogP contribution in [-0.2, 0) is 0 Å². The largest absolute Gasteiger partial charge is 0.481 e. The summed E-state index contributed by atoms with van der Waals surface area (Å²) >= 11 is 0. The molecule has 1 aromatic carbocycles. The minimum absolute atomic E-state index is 0.0694. The van der Waals surface area contributed by atoms with Crippen LogP contribution in [0.2, 0.25) is 0 Å². The molecule has 2 aromatic heterocycles. The molecule has 0 amide bonds. The van der Waals surface area contributed by atoms with Gasteiger partial charge in [0.15, 0.2) is 0 Å².